The van der Waals surface area contributed by atoms with Crippen LogP contribution < -0.4 is 10.2 Å². The summed E-state index contributed by atoms with van der Waals surface area (Å²) in [5.74, 6) is 0. The van der Waals surface area contributed by atoms with E-state index in [-0.39, 0.29) is 0 Å². The number of fused-ring (bicyclic) bond motifs is 1. The maximum Gasteiger partial charge on any atom is 0.0594 e. The van der Waals surface area contributed by atoms with Crippen LogP contribution in [-0.4, -0.2) is 75.4 Å². The molecule has 0 amide bonds. The molecular formula is C18H28N4O. The molecule has 0 radical (unpaired) electrons. The van der Waals surface area contributed by atoms with Crippen LogP contribution in [-0.2, 0) is 17.8 Å². The van der Waals surface area contributed by atoms with Gasteiger partial charge in [-0.25, -0.2) is 0 Å². The first kappa shape index (κ1) is 15.4. The van der Waals surface area contributed by atoms with Crippen molar-refractivity contribution < 1.29 is 4.74 Å². The first-order chi connectivity index (χ1) is 11.4. The molecule has 23 heavy (non-hydrogen) atoms. The van der Waals surface area contributed by atoms with Crippen LogP contribution >= 0.6 is 0 Å². The Hall–Kier alpha value is -1.14. The van der Waals surface area contributed by atoms with E-state index in [0.717, 1.165) is 72.1 Å². The predicted molar refractivity (Wildman–Crippen MR) is 92.9 cm³/mol. The summed E-state index contributed by atoms with van der Waals surface area (Å²) in [6.45, 7) is 13.0. The molecule has 5 nitrogen and oxygen atoms in total. The van der Waals surface area contributed by atoms with Crippen molar-refractivity contribution in [2.45, 2.75) is 13.1 Å². The van der Waals surface area contributed by atoms with Crippen molar-refractivity contribution in [3.05, 3.63) is 29.3 Å². The molecule has 1 N–H and O–H groups in total. The van der Waals surface area contributed by atoms with Gasteiger partial charge in [0.25, 0.3) is 0 Å². The van der Waals surface area contributed by atoms with E-state index in [2.05, 4.69) is 38.2 Å². The number of benzene rings is 1. The summed E-state index contributed by atoms with van der Waals surface area (Å²) in [7, 11) is 0. The fourth-order valence-corrected chi connectivity index (χ4v) is 3.94. The molecular weight excluding hydrogens is 288 g/mol. The number of nitrogens with one attached hydrogen (secondary N) is 1. The highest BCUT2D eigenvalue weighted by Gasteiger charge is 2.24. The summed E-state index contributed by atoms with van der Waals surface area (Å²) in [5, 5.41) is 3.45. The number of hydrogen-bond acceptors (Lipinski definition) is 5. The molecule has 0 saturated carbocycles. The Morgan fingerprint density at radius 1 is 0.913 bits per heavy atom. The summed E-state index contributed by atoms with van der Waals surface area (Å²) >= 11 is 0. The van der Waals surface area contributed by atoms with Gasteiger partial charge in [-0.3, -0.25) is 9.80 Å². The second-order valence-electron chi connectivity index (χ2n) is 6.82. The van der Waals surface area contributed by atoms with E-state index in [1.54, 1.807) is 5.56 Å². The number of morpholine rings is 1. The van der Waals surface area contributed by atoms with Gasteiger partial charge in [0, 0.05) is 71.1 Å². The quantitative estimate of drug-likeness (QED) is 0.886. The lowest BCUT2D eigenvalue weighted by atomic mass is 10.1. The molecule has 2 fully saturated rings. The lowest BCUT2D eigenvalue weighted by Crippen LogP contribution is -2.44. The monoisotopic (exact) mass is 316 g/mol. The highest BCUT2D eigenvalue weighted by molar-refractivity contribution is 5.58. The van der Waals surface area contributed by atoms with Crippen LogP contribution in [0.4, 0.5) is 5.69 Å². The average Bonchev–Trinajstić information content (AvgIpc) is 3.04. The smallest absolute Gasteiger partial charge is 0.0594 e. The van der Waals surface area contributed by atoms with Crippen molar-refractivity contribution >= 4 is 5.69 Å². The SMILES string of the molecule is c1cc2c(c(N3CCNCC3)c1)CN(CCN1CCOCC1)C2. The van der Waals surface area contributed by atoms with Gasteiger partial charge in [0.15, 0.2) is 0 Å². The summed E-state index contributed by atoms with van der Waals surface area (Å²) in [5.41, 5.74) is 4.57. The Morgan fingerprint density at radius 2 is 1.70 bits per heavy atom. The molecule has 3 heterocycles. The number of hydrogen-bond donors (Lipinski definition) is 1. The van der Waals surface area contributed by atoms with E-state index in [0.29, 0.717) is 0 Å². The summed E-state index contributed by atoms with van der Waals surface area (Å²) in [4.78, 5) is 7.69. The average molecular weight is 316 g/mol. The number of nitrogens with zero attached hydrogens (tertiary/aromatic N) is 3. The Balaban J connectivity index is 1.38. The minimum Gasteiger partial charge on any atom is -0.379 e. The van der Waals surface area contributed by atoms with Crippen LogP contribution in [0.2, 0.25) is 0 Å². The van der Waals surface area contributed by atoms with Gasteiger partial charge in [0.05, 0.1) is 13.2 Å². The summed E-state index contributed by atoms with van der Waals surface area (Å²) in [6, 6.07) is 6.87. The molecule has 2 saturated heterocycles. The van der Waals surface area contributed by atoms with Gasteiger partial charge in [-0.2, -0.15) is 0 Å². The van der Waals surface area contributed by atoms with Gasteiger partial charge in [0.2, 0.25) is 0 Å². The topological polar surface area (TPSA) is 31.0 Å². The van der Waals surface area contributed by atoms with Gasteiger partial charge >= 0.3 is 0 Å². The molecule has 4 rings (SSSR count). The number of piperazine rings is 1. The van der Waals surface area contributed by atoms with E-state index in [4.69, 9.17) is 4.74 Å². The molecule has 1 aromatic carbocycles. The normalized spacial score (nSPS) is 23.2. The zero-order valence-corrected chi connectivity index (χ0v) is 14.0. The largest absolute Gasteiger partial charge is 0.379 e. The molecule has 0 aromatic heterocycles. The Kier molecular flexibility index (Phi) is 4.80. The third-order valence-electron chi connectivity index (χ3n) is 5.32. The van der Waals surface area contributed by atoms with E-state index in [9.17, 15) is 0 Å². The van der Waals surface area contributed by atoms with E-state index >= 15 is 0 Å². The Bertz CT molecular complexity index is 524. The van der Waals surface area contributed by atoms with E-state index < -0.39 is 0 Å². The Morgan fingerprint density at radius 3 is 2.52 bits per heavy atom. The van der Waals surface area contributed by atoms with Gasteiger partial charge < -0.3 is 15.0 Å². The molecule has 3 aliphatic rings. The van der Waals surface area contributed by atoms with Gasteiger partial charge in [-0.15, -0.1) is 0 Å². The van der Waals surface area contributed by atoms with Crippen LogP contribution in [0.1, 0.15) is 11.1 Å². The van der Waals surface area contributed by atoms with Crippen LogP contribution in [0.5, 0.6) is 0 Å². The van der Waals surface area contributed by atoms with Crippen LogP contribution in [0, 0.1) is 0 Å². The minimum absolute atomic E-state index is 0.896. The predicted octanol–water partition coefficient (Wildman–Crippen LogP) is 0.744. The maximum atomic E-state index is 5.44. The zero-order valence-electron chi connectivity index (χ0n) is 14.0. The number of anilines is 1. The lowest BCUT2D eigenvalue weighted by Gasteiger charge is -2.31. The summed E-state index contributed by atoms with van der Waals surface area (Å²) < 4.78 is 5.44. The van der Waals surface area contributed by atoms with Gasteiger partial charge in [-0.1, -0.05) is 12.1 Å². The van der Waals surface area contributed by atoms with E-state index in [1.807, 2.05) is 0 Å². The van der Waals surface area contributed by atoms with Crippen molar-refractivity contribution in [1.29, 1.82) is 0 Å². The molecule has 0 spiro atoms. The molecule has 0 bridgehead atoms. The van der Waals surface area contributed by atoms with Crippen molar-refractivity contribution in [2.75, 3.05) is 70.5 Å². The molecule has 126 valence electrons. The van der Waals surface area contributed by atoms with Gasteiger partial charge in [0.1, 0.15) is 0 Å². The molecule has 1 aromatic rings. The van der Waals surface area contributed by atoms with Crippen molar-refractivity contribution in [3.8, 4) is 0 Å². The number of rotatable bonds is 4. The molecule has 0 atom stereocenters. The Labute approximate surface area is 139 Å². The molecule has 5 heteroatoms. The number of ether oxygens (including phenoxy) is 1. The van der Waals surface area contributed by atoms with Crippen molar-refractivity contribution in [1.82, 2.24) is 15.1 Å². The third-order valence-corrected chi connectivity index (χ3v) is 5.32. The van der Waals surface area contributed by atoms with Crippen LogP contribution in [0.15, 0.2) is 18.2 Å². The second-order valence-corrected chi connectivity index (χ2v) is 6.82. The van der Waals surface area contributed by atoms with Crippen LogP contribution in [0.3, 0.4) is 0 Å². The standard InChI is InChI=1S/C18H28N4O/c1-2-16-14-21(9-8-20-10-12-23-13-11-20)15-17(16)18(3-1)22-6-4-19-5-7-22/h1-3,19H,4-15H2. The molecule has 0 aliphatic carbocycles. The lowest BCUT2D eigenvalue weighted by molar-refractivity contribution is 0.0331. The van der Waals surface area contributed by atoms with E-state index in [1.165, 1.54) is 17.8 Å². The third kappa shape index (κ3) is 3.53. The van der Waals surface area contributed by atoms with Crippen LogP contribution in [0.25, 0.3) is 0 Å². The fraction of sp³-hybridized carbons (Fsp3) is 0.667. The van der Waals surface area contributed by atoms with Gasteiger partial charge in [-0.05, 0) is 17.2 Å². The fourth-order valence-electron chi connectivity index (χ4n) is 3.94. The highest BCUT2D eigenvalue weighted by Crippen LogP contribution is 2.31. The van der Waals surface area contributed by atoms with Crippen molar-refractivity contribution in [2.24, 2.45) is 0 Å². The second kappa shape index (κ2) is 7.18. The highest BCUT2D eigenvalue weighted by atomic mass is 16.5. The zero-order chi connectivity index (χ0) is 15.5. The molecule has 3 aliphatic heterocycles. The van der Waals surface area contributed by atoms with Crippen molar-refractivity contribution in [3.63, 3.8) is 0 Å². The first-order valence-electron chi connectivity index (χ1n) is 8.99. The summed E-state index contributed by atoms with van der Waals surface area (Å²) in [6.07, 6.45) is 0. The molecule has 0 unspecified atom stereocenters. The first-order valence-corrected chi connectivity index (χ1v) is 8.99. The maximum absolute atomic E-state index is 5.44. The minimum atomic E-state index is 0.896.